The zero-order valence-corrected chi connectivity index (χ0v) is 10.2. The van der Waals surface area contributed by atoms with Crippen LogP contribution in [0.2, 0.25) is 0 Å². The fourth-order valence-corrected chi connectivity index (χ4v) is 1.62. The van der Waals surface area contributed by atoms with Crippen molar-refractivity contribution in [1.29, 1.82) is 0 Å². The number of hydrogen-bond acceptors (Lipinski definition) is 1. The Morgan fingerprint density at radius 3 is 2.73 bits per heavy atom. The Balaban J connectivity index is 2.95. The molecular weight excluding hydrogens is 182 g/mol. The number of aryl methyl sites for hydroxylation is 1. The van der Waals surface area contributed by atoms with Crippen LogP contribution in [0, 0.1) is 6.92 Å². The van der Waals surface area contributed by atoms with E-state index in [9.17, 15) is 0 Å². The average Bonchev–Trinajstić information content (AvgIpc) is 2.26. The van der Waals surface area contributed by atoms with Gasteiger partial charge in [-0.2, -0.15) is 0 Å². The lowest BCUT2D eigenvalue weighted by atomic mass is 10.0. The molecule has 0 aliphatic rings. The number of rotatable bonds is 4. The number of allylic oxidation sites excluding steroid dienone is 2. The maximum atomic E-state index is 3.22. The molecular formula is C14H21N. The lowest BCUT2D eigenvalue weighted by Crippen LogP contribution is -1.92. The van der Waals surface area contributed by atoms with Crippen LogP contribution in [0.25, 0.3) is 5.57 Å². The highest BCUT2D eigenvalue weighted by atomic mass is 14.8. The predicted molar refractivity (Wildman–Crippen MR) is 69.3 cm³/mol. The largest absolute Gasteiger partial charge is 0.388 e. The van der Waals surface area contributed by atoms with Crippen molar-refractivity contribution in [2.24, 2.45) is 0 Å². The predicted octanol–water partition coefficient (Wildman–Crippen LogP) is 4.24. The van der Waals surface area contributed by atoms with Crippen molar-refractivity contribution in [3.8, 4) is 0 Å². The van der Waals surface area contributed by atoms with Gasteiger partial charge in [-0.05, 0) is 43.0 Å². The van der Waals surface area contributed by atoms with E-state index >= 15 is 0 Å². The summed E-state index contributed by atoms with van der Waals surface area (Å²) in [5, 5.41) is 3.22. The van der Waals surface area contributed by atoms with E-state index in [0.717, 1.165) is 6.42 Å². The summed E-state index contributed by atoms with van der Waals surface area (Å²) in [5.74, 6) is 0. The fraction of sp³-hybridized carbons (Fsp3) is 0.429. The van der Waals surface area contributed by atoms with E-state index in [0.29, 0.717) is 0 Å². The van der Waals surface area contributed by atoms with Gasteiger partial charge in [0.2, 0.25) is 0 Å². The Hall–Kier alpha value is -1.24. The lowest BCUT2D eigenvalue weighted by molar-refractivity contribution is 0.959. The van der Waals surface area contributed by atoms with E-state index in [1.165, 1.54) is 28.8 Å². The third kappa shape index (κ3) is 3.12. The van der Waals surface area contributed by atoms with Crippen LogP contribution in [0.3, 0.4) is 0 Å². The molecule has 0 aromatic heterocycles. The minimum absolute atomic E-state index is 1.16. The molecule has 1 aromatic rings. The molecule has 15 heavy (non-hydrogen) atoms. The molecule has 0 bridgehead atoms. The van der Waals surface area contributed by atoms with E-state index < -0.39 is 0 Å². The first kappa shape index (κ1) is 11.8. The maximum absolute atomic E-state index is 3.22. The third-order valence-electron chi connectivity index (χ3n) is 2.70. The van der Waals surface area contributed by atoms with Crippen LogP contribution in [0.15, 0.2) is 24.3 Å². The summed E-state index contributed by atoms with van der Waals surface area (Å²) in [4.78, 5) is 0. The van der Waals surface area contributed by atoms with Crippen LogP contribution in [-0.4, -0.2) is 7.05 Å². The molecule has 1 rings (SSSR count). The third-order valence-corrected chi connectivity index (χ3v) is 2.70. The van der Waals surface area contributed by atoms with Crippen molar-refractivity contribution in [1.82, 2.24) is 0 Å². The summed E-state index contributed by atoms with van der Waals surface area (Å²) in [6, 6.07) is 6.58. The van der Waals surface area contributed by atoms with Crippen molar-refractivity contribution in [3.63, 3.8) is 0 Å². The van der Waals surface area contributed by atoms with Gasteiger partial charge >= 0.3 is 0 Å². The molecule has 0 spiro atoms. The molecule has 0 heterocycles. The van der Waals surface area contributed by atoms with Crippen LogP contribution in [0.1, 0.15) is 37.8 Å². The second-order valence-electron chi connectivity index (χ2n) is 3.96. The molecule has 0 unspecified atom stereocenters. The molecule has 1 heteroatoms. The Morgan fingerprint density at radius 2 is 2.13 bits per heavy atom. The van der Waals surface area contributed by atoms with Crippen LogP contribution >= 0.6 is 0 Å². The molecule has 0 saturated heterocycles. The van der Waals surface area contributed by atoms with Gasteiger partial charge in [-0.3, -0.25) is 0 Å². The zero-order chi connectivity index (χ0) is 11.3. The second-order valence-corrected chi connectivity index (χ2v) is 3.96. The summed E-state index contributed by atoms with van der Waals surface area (Å²) in [6.45, 7) is 6.51. The maximum Gasteiger partial charge on any atom is 0.0373 e. The number of hydrogen-bond donors (Lipinski definition) is 1. The SMILES string of the molecule is CCCC=C(C)c1ccc(C)c(NC)c1. The zero-order valence-electron chi connectivity index (χ0n) is 10.2. The Labute approximate surface area is 93.2 Å². The van der Waals surface area contributed by atoms with Crippen molar-refractivity contribution >= 4 is 11.3 Å². The number of anilines is 1. The fourth-order valence-electron chi connectivity index (χ4n) is 1.62. The molecule has 1 aromatic carbocycles. The monoisotopic (exact) mass is 203 g/mol. The molecule has 0 saturated carbocycles. The molecule has 0 fully saturated rings. The molecule has 0 aliphatic heterocycles. The van der Waals surface area contributed by atoms with Crippen LogP contribution in [0.4, 0.5) is 5.69 Å². The Kier molecular flexibility index (Phi) is 4.41. The normalized spacial score (nSPS) is 11.6. The van der Waals surface area contributed by atoms with E-state index in [4.69, 9.17) is 0 Å². The lowest BCUT2D eigenvalue weighted by Gasteiger charge is -2.08. The first-order valence-corrected chi connectivity index (χ1v) is 5.64. The minimum atomic E-state index is 1.16. The first-order chi connectivity index (χ1) is 7.19. The van der Waals surface area contributed by atoms with Gasteiger partial charge in [-0.25, -0.2) is 0 Å². The van der Waals surface area contributed by atoms with Gasteiger partial charge in [0.15, 0.2) is 0 Å². The molecule has 1 N–H and O–H groups in total. The van der Waals surface area contributed by atoms with Gasteiger partial charge in [0.1, 0.15) is 0 Å². The highest BCUT2D eigenvalue weighted by molar-refractivity contribution is 5.68. The van der Waals surface area contributed by atoms with Gasteiger partial charge in [0, 0.05) is 12.7 Å². The summed E-state index contributed by atoms with van der Waals surface area (Å²) < 4.78 is 0. The number of benzene rings is 1. The second kappa shape index (κ2) is 5.59. The smallest absolute Gasteiger partial charge is 0.0373 e. The van der Waals surface area contributed by atoms with E-state index in [1.807, 2.05) is 7.05 Å². The molecule has 82 valence electrons. The molecule has 0 aliphatic carbocycles. The van der Waals surface area contributed by atoms with Crippen LogP contribution in [-0.2, 0) is 0 Å². The number of nitrogens with one attached hydrogen (secondary N) is 1. The average molecular weight is 203 g/mol. The summed E-state index contributed by atoms with van der Waals surface area (Å²) >= 11 is 0. The highest BCUT2D eigenvalue weighted by Crippen LogP contribution is 2.22. The number of unbranched alkanes of at least 4 members (excludes halogenated alkanes) is 1. The first-order valence-electron chi connectivity index (χ1n) is 5.64. The molecule has 0 atom stereocenters. The summed E-state index contributed by atoms with van der Waals surface area (Å²) in [6.07, 6.45) is 4.68. The summed E-state index contributed by atoms with van der Waals surface area (Å²) in [7, 11) is 1.97. The quantitative estimate of drug-likeness (QED) is 0.771. The van der Waals surface area contributed by atoms with Crippen LogP contribution < -0.4 is 5.32 Å². The molecule has 0 radical (unpaired) electrons. The van der Waals surface area contributed by atoms with Gasteiger partial charge in [-0.1, -0.05) is 31.6 Å². The van der Waals surface area contributed by atoms with Crippen molar-refractivity contribution < 1.29 is 0 Å². The van der Waals surface area contributed by atoms with Gasteiger partial charge in [0.25, 0.3) is 0 Å². The summed E-state index contributed by atoms with van der Waals surface area (Å²) in [5.41, 5.74) is 5.20. The molecule has 1 nitrogen and oxygen atoms in total. The Morgan fingerprint density at radius 1 is 1.40 bits per heavy atom. The van der Waals surface area contributed by atoms with E-state index in [-0.39, 0.29) is 0 Å². The Bertz CT molecular complexity index is 350. The highest BCUT2D eigenvalue weighted by Gasteiger charge is 1.99. The van der Waals surface area contributed by atoms with Crippen molar-refractivity contribution in [2.75, 3.05) is 12.4 Å². The van der Waals surface area contributed by atoms with E-state index in [1.54, 1.807) is 0 Å². The minimum Gasteiger partial charge on any atom is -0.388 e. The van der Waals surface area contributed by atoms with Crippen molar-refractivity contribution in [2.45, 2.75) is 33.6 Å². The van der Waals surface area contributed by atoms with Crippen molar-refractivity contribution in [3.05, 3.63) is 35.4 Å². The molecule has 0 amide bonds. The standard InChI is InChI=1S/C14H21N/c1-5-6-7-11(2)13-9-8-12(3)14(10-13)15-4/h7-10,15H,5-6H2,1-4H3. The van der Waals surface area contributed by atoms with E-state index in [2.05, 4.69) is 50.4 Å². The van der Waals surface area contributed by atoms with Gasteiger partial charge < -0.3 is 5.32 Å². The van der Waals surface area contributed by atoms with Crippen LogP contribution in [0.5, 0.6) is 0 Å². The van der Waals surface area contributed by atoms with Gasteiger partial charge in [0.05, 0.1) is 0 Å². The topological polar surface area (TPSA) is 12.0 Å². The van der Waals surface area contributed by atoms with Gasteiger partial charge in [-0.15, -0.1) is 0 Å².